The van der Waals surface area contributed by atoms with Gasteiger partial charge in [0, 0.05) is 35.5 Å². The molecule has 12 heteroatoms. The number of β-amino-alcohol motifs (C(OH)–C–C–N with tert-alkyl or cyclic N) is 1. The molecule has 8 nitrogen and oxygen atoms in total. The molecule has 232 valence electrons. The number of aliphatic hydroxyl groups is 1. The van der Waals surface area contributed by atoms with Gasteiger partial charge in [0.2, 0.25) is 0 Å². The highest BCUT2D eigenvalue weighted by atomic mass is 19.3. The Kier molecular flexibility index (Phi) is 9.34. The van der Waals surface area contributed by atoms with Crippen molar-refractivity contribution in [1.82, 2.24) is 26.0 Å². The van der Waals surface area contributed by atoms with E-state index in [1.54, 1.807) is 24.3 Å². The first-order valence-electron chi connectivity index (χ1n) is 13.8. The average Bonchev–Trinajstić information content (AvgIpc) is 3.53. The Morgan fingerprint density at radius 2 is 1.60 bits per heavy atom. The van der Waals surface area contributed by atoms with Crippen LogP contribution in [0, 0.1) is 23.5 Å². The highest BCUT2D eigenvalue weighted by Crippen LogP contribution is 2.46. The molecular formula is C33H30F4N6O2. The van der Waals surface area contributed by atoms with Gasteiger partial charge in [-0.25, -0.2) is 14.3 Å². The van der Waals surface area contributed by atoms with Crippen LogP contribution < -0.4 is 15.8 Å². The van der Waals surface area contributed by atoms with Crippen molar-refractivity contribution >= 4 is 6.34 Å². The molecule has 5 rings (SSSR count). The third-order valence-corrected chi connectivity index (χ3v) is 6.97. The largest absolute Gasteiger partial charge is 0.489 e. The number of ether oxygens (including phenoxy) is 1. The van der Waals surface area contributed by atoms with Gasteiger partial charge in [0.25, 0.3) is 0 Å². The summed E-state index contributed by atoms with van der Waals surface area (Å²) in [6.45, 7) is 0.423. The van der Waals surface area contributed by atoms with Crippen LogP contribution in [-0.4, -0.2) is 47.0 Å². The number of hydrazine groups is 2. The van der Waals surface area contributed by atoms with Gasteiger partial charge in [-0.15, -0.1) is 5.53 Å². The van der Waals surface area contributed by atoms with Crippen molar-refractivity contribution in [3.8, 4) is 17.6 Å². The highest BCUT2D eigenvalue weighted by molar-refractivity contribution is 5.55. The lowest BCUT2D eigenvalue weighted by Crippen LogP contribution is -2.54. The minimum atomic E-state index is -4.13. The fourth-order valence-electron chi connectivity index (χ4n) is 4.64. The Hall–Kier alpha value is -4.96. The van der Waals surface area contributed by atoms with Gasteiger partial charge in [0.05, 0.1) is 6.54 Å². The number of nitrogens with zero attached hydrogens (tertiary/aromatic N) is 4. The number of hydrazone groups is 1. The number of rotatable bonds is 10. The fourth-order valence-corrected chi connectivity index (χ4v) is 4.64. The van der Waals surface area contributed by atoms with Crippen LogP contribution in [0.25, 0.3) is 0 Å². The number of nitrogens with one attached hydrogen (secondary N) is 2. The standard InChI is InChI=1S/C33H30F4N6O2/c1-42(2)19-25-5-7-26(8-6-25)20-45-28-13-9-23(10-14-28)3-4-24-11-16-31(38-18-24)33(36,37)32(44,21-43-22-39-40-41-43)29-15-12-27(34)17-30(29)35/h5-18,22,40-41,44H,19-21H2,1-2H3. The molecule has 0 radical (unpaired) electrons. The molecular weight excluding hydrogens is 588 g/mol. The SMILES string of the molecule is CN(C)Cc1ccc(COc2ccc(C#Cc3ccc(C(F)(F)C(O)(CN4C=NNN4)c4ccc(F)cc4F)nc3)cc2)cc1. The van der Waals surface area contributed by atoms with Crippen LogP contribution in [0.2, 0.25) is 0 Å². The minimum Gasteiger partial charge on any atom is -0.489 e. The van der Waals surface area contributed by atoms with E-state index in [-0.39, 0.29) is 0 Å². The Labute approximate surface area is 257 Å². The summed E-state index contributed by atoms with van der Waals surface area (Å²) in [4.78, 5) is 5.94. The average molecular weight is 619 g/mol. The van der Waals surface area contributed by atoms with Crippen molar-refractivity contribution in [1.29, 1.82) is 0 Å². The first-order chi connectivity index (χ1) is 21.5. The number of benzene rings is 3. The van der Waals surface area contributed by atoms with E-state index in [0.717, 1.165) is 47.9 Å². The summed E-state index contributed by atoms with van der Waals surface area (Å²) >= 11 is 0. The van der Waals surface area contributed by atoms with Crippen LogP contribution in [0.15, 0.2) is 90.2 Å². The first kappa shape index (κ1) is 31.5. The van der Waals surface area contributed by atoms with Crippen LogP contribution in [0.5, 0.6) is 5.75 Å². The number of hydrogen-bond acceptors (Lipinski definition) is 8. The lowest BCUT2D eigenvalue weighted by atomic mass is 9.84. The molecule has 2 heterocycles. The molecule has 3 N–H and O–H groups in total. The summed E-state index contributed by atoms with van der Waals surface area (Å²) in [7, 11) is 4.04. The zero-order valence-electron chi connectivity index (χ0n) is 24.4. The molecule has 3 aromatic carbocycles. The smallest absolute Gasteiger partial charge is 0.323 e. The predicted molar refractivity (Wildman–Crippen MR) is 160 cm³/mol. The molecule has 1 aliphatic rings. The predicted octanol–water partition coefficient (Wildman–Crippen LogP) is 4.65. The van der Waals surface area contributed by atoms with Gasteiger partial charge < -0.3 is 14.7 Å². The molecule has 0 spiro atoms. The number of aromatic nitrogens is 1. The van der Waals surface area contributed by atoms with Crippen LogP contribution in [0.4, 0.5) is 17.6 Å². The molecule has 1 atom stereocenters. The second-order valence-electron chi connectivity index (χ2n) is 10.7. The van der Waals surface area contributed by atoms with Gasteiger partial charge in [-0.1, -0.05) is 36.1 Å². The van der Waals surface area contributed by atoms with Gasteiger partial charge >= 0.3 is 5.92 Å². The van der Waals surface area contributed by atoms with Gasteiger partial charge in [-0.3, -0.25) is 9.99 Å². The summed E-state index contributed by atoms with van der Waals surface area (Å²) in [6.07, 6.45) is 2.23. The van der Waals surface area contributed by atoms with Crippen molar-refractivity contribution in [3.63, 3.8) is 0 Å². The molecule has 1 aliphatic heterocycles. The molecule has 0 bridgehead atoms. The summed E-state index contributed by atoms with van der Waals surface area (Å²) in [5.74, 6) is 0.0491. The molecule has 45 heavy (non-hydrogen) atoms. The summed E-state index contributed by atoms with van der Waals surface area (Å²) in [5, 5.41) is 15.9. The summed E-state index contributed by atoms with van der Waals surface area (Å²) in [6, 6.07) is 19.7. The van der Waals surface area contributed by atoms with Crippen LogP contribution >= 0.6 is 0 Å². The second-order valence-corrected chi connectivity index (χ2v) is 10.7. The maximum absolute atomic E-state index is 15.9. The van der Waals surface area contributed by atoms with Crippen LogP contribution in [0.3, 0.4) is 0 Å². The van der Waals surface area contributed by atoms with Crippen molar-refractivity contribution < 1.29 is 27.4 Å². The van der Waals surface area contributed by atoms with E-state index >= 15 is 8.78 Å². The molecule has 0 saturated carbocycles. The number of hydrogen-bond donors (Lipinski definition) is 3. The Morgan fingerprint density at radius 1 is 0.911 bits per heavy atom. The summed E-state index contributed by atoms with van der Waals surface area (Å²) in [5.41, 5.74) is 3.18. The Bertz CT molecular complexity index is 1700. The Morgan fingerprint density at radius 3 is 2.22 bits per heavy atom. The molecule has 4 aromatic rings. The van der Waals surface area contributed by atoms with Crippen molar-refractivity contribution in [2.24, 2.45) is 5.10 Å². The second kappa shape index (κ2) is 13.4. The van der Waals surface area contributed by atoms with E-state index in [0.29, 0.717) is 29.5 Å². The third-order valence-electron chi connectivity index (χ3n) is 6.97. The Balaban J connectivity index is 1.27. The number of pyridine rings is 1. The quantitative estimate of drug-likeness (QED) is 0.176. The number of alkyl halides is 2. The zero-order chi connectivity index (χ0) is 32.0. The van der Waals surface area contributed by atoms with Gasteiger partial charge in [-0.05, 0) is 73.8 Å². The van der Waals surface area contributed by atoms with E-state index < -0.39 is 41.0 Å². The lowest BCUT2D eigenvalue weighted by molar-refractivity contribution is -0.206. The lowest BCUT2D eigenvalue weighted by Gasteiger charge is -2.38. The normalized spacial score (nSPS) is 14.1. The highest BCUT2D eigenvalue weighted by Gasteiger charge is 2.58. The van der Waals surface area contributed by atoms with Gasteiger partial charge in [0.1, 0.15) is 36.0 Å². The topological polar surface area (TPSA) is 85.2 Å². The minimum absolute atomic E-state index is 0.335. The number of halogens is 4. The zero-order valence-corrected chi connectivity index (χ0v) is 24.4. The first-order valence-corrected chi connectivity index (χ1v) is 13.8. The maximum Gasteiger partial charge on any atom is 0.323 e. The van der Waals surface area contributed by atoms with Crippen LogP contribution in [0.1, 0.15) is 33.5 Å². The van der Waals surface area contributed by atoms with E-state index in [9.17, 15) is 13.9 Å². The molecule has 0 amide bonds. The van der Waals surface area contributed by atoms with Crippen LogP contribution in [-0.2, 0) is 24.7 Å². The van der Waals surface area contributed by atoms with E-state index in [1.165, 1.54) is 11.6 Å². The van der Waals surface area contributed by atoms with Gasteiger partial charge in [-0.2, -0.15) is 13.9 Å². The van der Waals surface area contributed by atoms with E-state index in [4.69, 9.17) is 4.74 Å². The fraction of sp³-hybridized carbons (Fsp3) is 0.212. The maximum atomic E-state index is 15.9. The molecule has 1 unspecified atom stereocenters. The van der Waals surface area contributed by atoms with E-state index in [2.05, 4.69) is 50.0 Å². The van der Waals surface area contributed by atoms with Crippen molar-refractivity contribution in [3.05, 3.63) is 130 Å². The molecule has 0 saturated heterocycles. The monoisotopic (exact) mass is 618 g/mol. The van der Waals surface area contributed by atoms with E-state index in [1.807, 2.05) is 26.2 Å². The van der Waals surface area contributed by atoms with Crippen molar-refractivity contribution in [2.75, 3.05) is 20.6 Å². The molecule has 0 fully saturated rings. The summed E-state index contributed by atoms with van der Waals surface area (Å²) < 4.78 is 66.0. The molecule has 0 aliphatic carbocycles. The molecule has 1 aromatic heterocycles. The third kappa shape index (κ3) is 7.41. The van der Waals surface area contributed by atoms with Crippen molar-refractivity contribution in [2.45, 2.75) is 24.7 Å². The van der Waals surface area contributed by atoms with Gasteiger partial charge in [0.15, 0.2) is 5.60 Å².